The number of carboxylic acid groups (broad SMARTS) is 1. The fourth-order valence-electron chi connectivity index (χ4n) is 1.64. The molecule has 0 amide bonds. The van der Waals surface area contributed by atoms with Crippen molar-refractivity contribution in [2.45, 2.75) is 32.7 Å². The highest BCUT2D eigenvalue weighted by Gasteiger charge is 2.29. The van der Waals surface area contributed by atoms with Crippen LogP contribution in [0.15, 0.2) is 0 Å². The number of carbonyl (C=O) groups is 1. The molecular weight excluding hydrogens is 228 g/mol. The normalized spacial score (nSPS) is 25.5. The molecule has 1 unspecified atom stereocenters. The summed E-state index contributed by atoms with van der Waals surface area (Å²) in [4.78, 5) is 12.6. The van der Waals surface area contributed by atoms with Crippen molar-refractivity contribution >= 4 is 17.0 Å². The highest BCUT2D eigenvalue weighted by Crippen LogP contribution is 2.11. The monoisotopic (exact) mass is 248 g/mol. The van der Waals surface area contributed by atoms with E-state index in [4.69, 9.17) is 5.11 Å². The van der Waals surface area contributed by atoms with E-state index in [1.54, 1.807) is 11.8 Å². The average Bonchev–Trinajstić information content (AvgIpc) is 2.26. The molecule has 0 bridgehead atoms. The molecule has 0 aromatic heterocycles. The molecule has 1 aliphatic rings. The quantitative estimate of drug-likeness (QED) is 0.769. The third-order valence-corrected chi connectivity index (χ3v) is 4.36. The molecule has 5 nitrogen and oxygen atoms in total. The Balaban J connectivity index is 2.45. The topological polar surface area (TPSA) is 60.9 Å². The summed E-state index contributed by atoms with van der Waals surface area (Å²) < 4.78 is 13.8. The SMILES string of the molecule is CCCCN1CCN([C@H](C)C(=O)O)CS1=O. The van der Waals surface area contributed by atoms with Crippen molar-refractivity contribution in [2.75, 3.05) is 25.5 Å². The van der Waals surface area contributed by atoms with E-state index in [9.17, 15) is 9.00 Å². The van der Waals surface area contributed by atoms with Gasteiger partial charge in [-0.2, -0.15) is 0 Å². The third kappa shape index (κ3) is 3.54. The predicted molar refractivity (Wildman–Crippen MR) is 63.3 cm³/mol. The zero-order valence-corrected chi connectivity index (χ0v) is 10.7. The van der Waals surface area contributed by atoms with Crippen molar-refractivity contribution in [2.24, 2.45) is 0 Å². The fourth-order valence-corrected chi connectivity index (χ4v) is 3.06. The Morgan fingerprint density at radius 3 is 2.69 bits per heavy atom. The molecule has 1 fully saturated rings. The van der Waals surface area contributed by atoms with Gasteiger partial charge in [-0.1, -0.05) is 13.3 Å². The van der Waals surface area contributed by atoms with Gasteiger partial charge >= 0.3 is 5.97 Å². The van der Waals surface area contributed by atoms with Crippen LogP contribution in [-0.4, -0.2) is 56.0 Å². The Kier molecular flexibility index (Phi) is 5.37. The fraction of sp³-hybridized carbons (Fsp3) is 0.900. The average molecular weight is 248 g/mol. The Hall–Kier alpha value is -0.460. The number of nitrogens with zero attached hydrogens (tertiary/aromatic N) is 2. The number of carboxylic acids is 1. The van der Waals surface area contributed by atoms with Crippen LogP contribution in [0.2, 0.25) is 0 Å². The molecule has 0 saturated carbocycles. The minimum absolute atomic E-state index is 0.344. The maximum atomic E-state index is 11.8. The van der Waals surface area contributed by atoms with Gasteiger partial charge in [-0.3, -0.25) is 9.69 Å². The zero-order chi connectivity index (χ0) is 12.1. The Bertz CT molecular complexity index is 273. The van der Waals surface area contributed by atoms with Gasteiger partial charge in [-0.15, -0.1) is 0 Å². The molecule has 1 heterocycles. The van der Waals surface area contributed by atoms with E-state index in [1.165, 1.54) is 0 Å². The number of unbranched alkanes of at least 4 members (excludes halogenated alkanes) is 1. The van der Waals surface area contributed by atoms with E-state index in [-0.39, 0.29) is 0 Å². The molecule has 6 heteroatoms. The van der Waals surface area contributed by atoms with Crippen molar-refractivity contribution < 1.29 is 14.1 Å². The van der Waals surface area contributed by atoms with Gasteiger partial charge in [0.2, 0.25) is 0 Å². The minimum Gasteiger partial charge on any atom is -0.480 e. The van der Waals surface area contributed by atoms with E-state index in [2.05, 4.69) is 6.92 Å². The molecule has 0 spiro atoms. The zero-order valence-electron chi connectivity index (χ0n) is 9.89. The lowest BCUT2D eigenvalue weighted by atomic mass is 10.3. The summed E-state index contributed by atoms with van der Waals surface area (Å²) in [6.45, 7) is 5.97. The Labute approximate surface area is 99.0 Å². The highest BCUT2D eigenvalue weighted by molar-refractivity contribution is 7.82. The first-order chi connectivity index (χ1) is 7.56. The summed E-state index contributed by atoms with van der Waals surface area (Å²) in [5.41, 5.74) is 0. The predicted octanol–water partition coefficient (Wildman–Crippen LogP) is 0.498. The molecular formula is C10H20N2O3S. The minimum atomic E-state index is -1.05. The lowest BCUT2D eigenvalue weighted by Crippen LogP contribution is -2.52. The maximum Gasteiger partial charge on any atom is 0.320 e. The van der Waals surface area contributed by atoms with Crippen molar-refractivity contribution in [3.8, 4) is 0 Å². The molecule has 0 aromatic carbocycles. The van der Waals surface area contributed by atoms with E-state index < -0.39 is 23.0 Å². The molecule has 1 rings (SSSR count). The van der Waals surface area contributed by atoms with Crippen molar-refractivity contribution in [1.82, 2.24) is 9.21 Å². The second-order valence-electron chi connectivity index (χ2n) is 4.06. The number of hydrogen-bond acceptors (Lipinski definition) is 3. The molecule has 0 radical (unpaired) electrons. The first kappa shape index (κ1) is 13.6. The van der Waals surface area contributed by atoms with Gasteiger partial charge in [0.15, 0.2) is 0 Å². The summed E-state index contributed by atoms with van der Waals surface area (Å²) in [5, 5.41) is 8.87. The summed E-state index contributed by atoms with van der Waals surface area (Å²) in [6, 6.07) is -0.544. The van der Waals surface area contributed by atoms with Gasteiger partial charge in [0.1, 0.15) is 17.0 Å². The van der Waals surface area contributed by atoms with Gasteiger partial charge in [0, 0.05) is 19.6 Å². The second-order valence-corrected chi connectivity index (χ2v) is 5.48. The number of aliphatic carboxylic acids is 1. The van der Waals surface area contributed by atoms with E-state index in [1.807, 2.05) is 4.31 Å². The third-order valence-electron chi connectivity index (χ3n) is 2.87. The van der Waals surface area contributed by atoms with E-state index >= 15 is 0 Å². The van der Waals surface area contributed by atoms with Gasteiger partial charge in [0.05, 0.1) is 5.88 Å². The molecule has 0 aromatic rings. The van der Waals surface area contributed by atoms with Crippen LogP contribution in [0.25, 0.3) is 0 Å². The van der Waals surface area contributed by atoms with Crippen LogP contribution in [0.4, 0.5) is 0 Å². The van der Waals surface area contributed by atoms with Crippen LogP contribution in [0.1, 0.15) is 26.7 Å². The molecule has 0 aliphatic carbocycles. The summed E-state index contributed by atoms with van der Waals surface area (Å²) in [6.07, 6.45) is 2.13. The summed E-state index contributed by atoms with van der Waals surface area (Å²) >= 11 is 0. The number of hydrogen-bond donors (Lipinski definition) is 1. The largest absolute Gasteiger partial charge is 0.480 e. The molecule has 1 saturated heterocycles. The molecule has 1 N–H and O–H groups in total. The molecule has 16 heavy (non-hydrogen) atoms. The molecule has 1 aliphatic heterocycles. The maximum absolute atomic E-state index is 11.8. The van der Waals surface area contributed by atoms with Crippen LogP contribution in [0.5, 0.6) is 0 Å². The van der Waals surface area contributed by atoms with Gasteiger partial charge in [-0.05, 0) is 13.3 Å². The molecule has 94 valence electrons. The summed E-state index contributed by atoms with van der Waals surface area (Å²) in [7, 11) is -1.05. The lowest BCUT2D eigenvalue weighted by molar-refractivity contribution is -0.142. The van der Waals surface area contributed by atoms with Gasteiger partial charge in [0.25, 0.3) is 0 Å². The molecule has 2 atom stereocenters. The highest BCUT2D eigenvalue weighted by atomic mass is 32.2. The van der Waals surface area contributed by atoms with Crippen LogP contribution < -0.4 is 0 Å². The smallest absolute Gasteiger partial charge is 0.320 e. The first-order valence-electron chi connectivity index (χ1n) is 5.66. The van der Waals surface area contributed by atoms with Crippen LogP contribution in [0, 0.1) is 0 Å². The van der Waals surface area contributed by atoms with Gasteiger partial charge in [-0.25, -0.2) is 8.51 Å². The Morgan fingerprint density at radius 1 is 1.50 bits per heavy atom. The van der Waals surface area contributed by atoms with Crippen molar-refractivity contribution in [3.63, 3.8) is 0 Å². The van der Waals surface area contributed by atoms with Crippen molar-refractivity contribution in [1.29, 1.82) is 0 Å². The van der Waals surface area contributed by atoms with E-state index in [0.29, 0.717) is 19.0 Å². The standard InChI is InChI=1S/C10H20N2O3S/c1-3-4-5-12-7-6-11(8-16(12)15)9(2)10(13)14/h9H,3-8H2,1-2H3,(H,13,14)/t9-,16?/m1/s1. The van der Waals surface area contributed by atoms with Crippen molar-refractivity contribution in [3.05, 3.63) is 0 Å². The van der Waals surface area contributed by atoms with Crippen LogP contribution >= 0.6 is 0 Å². The van der Waals surface area contributed by atoms with E-state index in [0.717, 1.165) is 19.4 Å². The second kappa shape index (κ2) is 6.32. The van der Waals surface area contributed by atoms with Crippen LogP contribution in [-0.2, 0) is 15.8 Å². The van der Waals surface area contributed by atoms with Gasteiger partial charge < -0.3 is 5.11 Å². The lowest BCUT2D eigenvalue weighted by Gasteiger charge is -2.35. The summed E-state index contributed by atoms with van der Waals surface area (Å²) in [5.74, 6) is -0.504. The van der Waals surface area contributed by atoms with Crippen LogP contribution in [0.3, 0.4) is 0 Å². The Morgan fingerprint density at radius 2 is 2.19 bits per heavy atom. The number of rotatable bonds is 5. The first-order valence-corrected chi connectivity index (χ1v) is 6.94.